The average Bonchev–Trinajstić information content (AvgIpc) is 2.52. The number of hydrogen-bond acceptors (Lipinski definition) is 3. The summed E-state index contributed by atoms with van der Waals surface area (Å²) in [6, 6.07) is 7.61. The monoisotopic (exact) mass is 342 g/mol. The molecule has 0 heterocycles. The van der Waals surface area contributed by atoms with E-state index in [1.165, 1.54) is 5.56 Å². The van der Waals surface area contributed by atoms with E-state index in [1.54, 1.807) is 0 Å². The minimum atomic E-state index is -0.420. The van der Waals surface area contributed by atoms with Gasteiger partial charge in [0.1, 0.15) is 5.75 Å². The van der Waals surface area contributed by atoms with E-state index < -0.39 is 6.04 Å². The second-order valence-corrected chi connectivity index (χ2v) is 6.30. The molecule has 1 rings (SSSR count). The van der Waals surface area contributed by atoms with Crippen LogP contribution in [0.25, 0.3) is 0 Å². The van der Waals surface area contributed by atoms with Gasteiger partial charge < -0.3 is 15.8 Å². The van der Waals surface area contributed by atoms with Crippen LogP contribution in [0.2, 0.25) is 0 Å². The van der Waals surface area contributed by atoms with E-state index in [1.807, 2.05) is 38.1 Å². The van der Waals surface area contributed by atoms with E-state index in [0.717, 1.165) is 25.2 Å². The zero-order chi connectivity index (χ0) is 16.5. The molecule has 1 amide bonds. The van der Waals surface area contributed by atoms with Gasteiger partial charge in [0.15, 0.2) is 0 Å². The SMILES string of the molecule is CCC(C)C(N)C(=O)NCCc1ccc(OCC(C)C)cc1.Cl. The normalized spacial score (nSPS) is 13.1. The molecule has 3 N–H and O–H groups in total. The zero-order valence-corrected chi connectivity index (χ0v) is 15.5. The Kier molecular flexibility index (Phi) is 10.7. The van der Waals surface area contributed by atoms with Crippen LogP contribution in [0.1, 0.15) is 39.7 Å². The molecular formula is C18H31ClN2O2. The number of nitrogens with two attached hydrogens (primary N) is 1. The molecule has 23 heavy (non-hydrogen) atoms. The Bertz CT molecular complexity index is 449. The quantitative estimate of drug-likeness (QED) is 0.724. The predicted octanol–water partition coefficient (Wildman–Crippen LogP) is 3.18. The first kappa shape index (κ1) is 21.7. The molecule has 4 nitrogen and oxygen atoms in total. The van der Waals surface area contributed by atoms with Gasteiger partial charge in [-0.05, 0) is 36.0 Å². The summed E-state index contributed by atoms with van der Waals surface area (Å²) >= 11 is 0. The topological polar surface area (TPSA) is 64.4 Å². The van der Waals surface area contributed by atoms with Gasteiger partial charge in [-0.2, -0.15) is 0 Å². The molecule has 2 unspecified atom stereocenters. The minimum Gasteiger partial charge on any atom is -0.493 e. The molecular weight excluding hydrogens is 312 g/mol. The molecule has 5 heteroatoms. The van der Waals surface area contributed by atoms with Crippen LogP contribution in [0.3, 0.4) is 0 Å². The third kappa shape index (κ3) is 8.24. The van der Waals surface area contributed by atoms with Gasteiger partial charge in [0.25, 0.3) is 0 Å². The summed E-state index contributed by atoms with van der Waals surface area (Å²) < 4.78 is 5.65. The average molecular weight is 343 g/mol. The molecule has 0 bridgehead atoms. The van der Waals surface area contributed by atoms with Gasteiger partial charge in [-0.25, -0.2) is 0 Å². The lowest BCUT2D eigenvalue weighted by Gasteiger charge is -2.17. The molecule has 0 radical (unpaired) electrons. The summed E-state index contributed by atoms with van der Waals surface area (Å²) in [4.78, 5) is 11.9. The predicted molar refractivity (Wildman–Crippen MR) is 98.2 cm³/mol. The largest absolute Gasteiger partial charge is 0.493 e. The molecule has 0 aliphatic carbocycles. The van der Waals surface area contributed by atoms with Gasteiger partial charge in [0.2, 0.25) is 5.91 Å². The lowest BCUT2D eigenvalue weighted by atomic mass is 9.99. The standard InChI is InChI=1S/C18H30N2O2.ClH/c1-5-14(4)17(19)18(21)20-11-10-15-6-8-16(9-7-15)22-12-13(2)3;/h6-9,13-14,17H,5,10-12,19H2,1-4H3,(H,20,21);1H. The maximum absolute atomic E-state index is 11.9. The number of benzene rings is 1. The number of amides is 1. The number of carbonyl (C=O) groups excluding carboxylic acids is 1. The van der Waals surface area contributed by atoms with E-state index >= 15 is 0 Å². The van der Waals surface area contributed by atoms with Crippen molar-refractivity contribution in [2.75, 3.05) is 13.2 Å². The molecule has 0 saturated heterocycles. The second-order valence-electron chi connectivity index (χ2n) is 6.30. The van der Waals surface area contributed by atoms with Crippen molar-refractivity contribution in [1.29, 1.82) is 0 Å². The maximum atomic E-state index is 11.9. The van der Waals surface area contributed by atoms with E-state index in [-0.39, 0.29) is 24.2 Å². The smallest absolute Gasteiger partial charge is 0.237 e. The highest BCUT2D eigenvalue weighted by atomic mass is 35.5. The van der Waals surface area contributed by atoms with Gasteiger partial charge in [-0.1, -0.05) is 46.2 Å². The Balaban J connectivity index is 0.00000484. The summed E-state index contributed by atoms with van der Waals surface area (Å²) in [7, 11) is 0. The molecule has 0 spiro atoms. The van der Waals surface area contributed by atoms with Crippen LogP contribution < -0.4 is 15.8 Å². The molecule has 1 aromatic rings. The van der Waals surface area contributed by atoms with Gasteiger partial charge in [-0.15, -0.1) is 12.4 Å². The number of halogens is 1. The molecule has 0 aromatic heterocycles. The summed E-state index contributed by atoms with van der Waals surface area (Å²) in [6.07, 6.45) is 1.70. The Morgan fingerprint density at radius 3 is 2.35 bits per heavy atom. The molecule has 132 valence electrons. The van der Waals surface area contributed by atoms with Crippen LogP contribution in [0.5, 0.6) is 5.75 Å². The van der Waals surface area contributed by atoms with E-state index in [9.17, 15) is 4.79 Å². The van der Waals surface area contributed by atoms with E-state index in [0.29, 0.717) is 12.5 Å². The van der Waals surface area contributed by atoms with Crippen molar-refractivity contribution in [3.63, 3.8) is 0 Å². The first-order valence-electron chi connectivity index (χ1n) is 8.19. The molecule has 0 aliphatic heterocycles. The zero-order valence-electron chi connectivity index (χ0n) is 14.7. The van der Waals surface area contributed by atoms with Gasteiger partial charge >= 0.3 is 0 Å². The highest BCUT2D eigenvalue weighted by molar-refractivity contribution is 5.85. The second kappa shape index (κ2) is 11.3. The highest BCUT2D eigenvalue weighted by Crippen LogP contribution is 2.13. The van der Waals surface area contributed by atoms with Crippen molar-refractivity contribution < 1.29 is 9.53 Å². The van der Waals surface area contributed by atoms with Crippen molar-refractivity contribution in [1.82, 2.24) is 5.32 Å². The highest BCUT2D eigenvalue weighted by Gasteiger charge is 2.18. The Morgan fingerprint density at radius 2 is 1.83 bits per heavy atom. The lowest BCUT2D eigenvalue weighted by Crippen LogP contribution is -2.45. The Hall–Kier alpha value is -1.26. The summed E-state index contributed by atoms with van der Waals surface area (Å²) in [6.45, 7) is 9.63. The van der Waals surface area contributed by atoms with Crippen LogP contribution in [0.4, 0.5) is 0 Å². The minimum absolute atomic E-state index is 0. The van der Waals surface area contributed by atoms with Crippen molar-refractivity contribution in [3.05, 3.63) is 29.8 Å². The maximum Gasteiger partial charge on any atom is 0.237 e. The van der Waals surface area contributed by atoms with Crippen molar-refractivity contribution in [3.8, 4) is 5.75 Å². The van der Waals surface area contributed by atoms with Crippen LogP contribution >= 0.6 is 12.4 Å². The van der Waals surface area contributed by atoms with Crippen LogP contribution in [0.15, 0.2) is 24.3 Å². The van der Waals surface area contributed by atoms with Crippen LogP contribution in [0, 0.1) is 11.8 Å². The van der Waals surface area contributed by atoms with E-state index in [4.69, 9.17) is 10.5 Å². The number of nitrogens with one attached hydrogen (secondary N) is 1. The van der Waals surface area contributed by atoms with Crippen LogP contribution in [-0.2, 0) is 11.2 Å². The fourth-order valence-electron chi connectivity index (χ4n) is 1.98. The fraction of sp³-hybridized carbons (Fsp3) is 0.611. The van der Waals surface area contributed by atoms with E-state index in [2.05, 4.69) is 19.2 Å². The molecule has 0 aliphatic rings. The summed E-state index contributed by atoms with van der Waals surface area (Å²) in [5, 5.41) is 2.91. The first-order chi connectivity index (χ1) is 10.4. The first-order valence-corrected chi connectivity index (χ1v) is 8.19. The molecule has 2 atom stereocenters. The Morgan fingerprint density at radius 1 is 1.22 bits per heavy atom. The number of hydrogen-bond donors (Lipinski definition) is 2. The lowest BCUT2D eigenvalue weighted by molar-refractivity contribution is -0.123. The number of carbonyl (C=O) groups is 1. The number of rotatable bonds is 9. The Labute approximate surface area is 146 Å². The summed E-state index contributed by atoms with van der Waals surface area (Å²) in [5.74, 6) is 1.55. The third-order valence-electron chi connectivity index (χ3n) is 3.78. The molecule has 0 saturated carbocycles. The molecule has 1 aromatic carbocycles. The summed E-state index contributed by atoms with van der Waals surface area (Å²) in [5.41, 5.74) is 7.07. The fourth-order valence-corrected chi connectivity index (χ4v) is 1.98. The molecule has 0 fully saturated rings. The van der Waals surface area contributed by atoms with Crippen LogP contribution in [-0.4, -0.2) is 25.1 Å². The van der Waals surface area contributed by atoms with Crippen molar-refractivity contribution in [2.24, 2.45) is 17.6 Å². The van der Waals surface area contributed by atoms with Gasteiger partial charge in [-0.3, -0.25) is 4.79 Å². The van der Waals surface area contributed by atoms with Gasteiger partial charge in [0.05, 0.1) is 12.6 Å². The third-order valence-corrected chi connectivity index (χ3v) is 3.78. The number of ether oxygens (including phenoxy) is 1. The van der Waals surface area contributed by atoms with Gasteiger partial charge in [0, 0.05) is 6.54 Å². The van der Waals surface area contributed by atoms with Crippen molar-refractivity contribution in [2.45, 2.75) is 46.6 Å². The van der Waals surface area contributed by atoms with Crippen molar-refractivity contribution >= 4 is 18.3 Å².